The quantitative estimate of drug-likeness (QED) is 0.772. The maximum Gasteiger partial charge on any atom is 0.152 e. The lowest BCUT2D eigenvalue weighted by molar-refractivity contribution is 0.725. The van der Waals surface area contributed by atoms with Crippen molar-refractivity contribution in [1.29, 1.82) is 0 Å². The predicted molar refractivity (Wildman–Crippen MR) is 77.8 cm³/mol. The molecule has 0 atom stereocenters. The zero-order valence-corrected chi connectivity index (χ0v) is 11.7. The van der Waals surface area contributed by atoms with E-state index in [4.69, 9.17) is 0 Å². The number of hydrogen-bond donors (Lipinski definition) is 1. The lowest BCUT2D eigenvalue weighted by Gasteiger charge is -2.07. The molecule has 0 aliphatic rings. The number of fused-ring (bicyclic) bond motifs is 1. The Morgan fingerprint density at radius 2 is 2.15 bits per heavy atom. The number of nitrogens with zero attached hydrogens (tertiary/aromatic N) is 5. The summed E-state index contributed by atoms with van der Waals surface area (Å²) in [5.41, 5.74) is 2.09. The molecule has 0 saturated carbocycles. The second-order valence-electron chi connectivity index (χ2n) is 5.06. The van der Waals surface area contributed by atoms with E-state index in [-0.39, 0.29) is 0 Å². The van der Waals surface area contributed by atoms with Crippen LogP contribution in [0.3, 0.4) is 0 Å². The van der Waals surface area contributed by atoms with Crippen molar-refractivity contribution in [1.82, 2.24) is 24.1 Å². The van der Waals surface area contributed by atoms with Crippen molar-refractivity contribution in [3.8, 4) is 0 Å². The van der Waals surface area contributed by atoms with Crippen molar-refractivity contribution in [2.45, 2.75) is 26.3 Å². The van der Waals surface area contributed by atoms with E-state index in [2.05, 4.69) is 40.3 Å². The van der Waals surface area contributed by atoms with E-state index in [0.717, 1.165) is 30.1 Å². The van der Waals surface area contributed by atoms with Gasteiger partial charge in [0.15, 0.2) is 5.82 Å². The van der Waals surface area contributed by atoms with E-state index >= 15 is 0 Å². The summed E-state index contributed by atoms with van der Waals surface area (Å²) < 4.78 is 3.91. The topological polar surface area (TPSA) is 60.0 Å². The molecule has 0 fully saturated rings. The highest BCUT2D eigenvalue weighted by Crippen LogP contribution is 2.19. The summed E-state index contributed by atoms with van der Waals surface area (Å²) in [5, 5.41) is 7.91. The van der Waals surface area contributed by atoms with Gasteiger partial charge in [-0.2, -0.15) is 5.10 Å². The zero-order valence-electron chi connectivity index (χ0n) is 11.7. The van der Waals surface area contributed by atoms with Gasteiger partial charge in [0.2, 0.25) is 0 Å². The molecule has 0 aliphatic carbocycles. The minimum atomic E-state index is 0.411. The molecule has 0 spiro atoms. The lowest BCUT2D eigenvalue weighted by atomic mass is 10.1. The fraction of sp³-hybridized carbons (Fsp3) is 0.357. The average molecular weight is 270 g/mol. The third-order valence-electron chi connectivity index (χ3n) is 3.22. The van der Waals surface area contributed by atoms with Gasteiger partial charge in [-0.05, 0) is 12.0 Å². The highest BCUT2D eigenvalue weighted by molar-refractivity contribution is 5.67. The Hall–Kier alpha value is -2.37. The van der Waals surface area contributed by atoms with Gasteiger partial charge in [-0.15, -0.1) is 0 Å². The van der Waals surface area contributed by atoms with Gasteiger partial charge in [0, 0.05) is 37.9 Å². The SMILES string of the molecule is CC(C)c1cc2c(NCCn3ccnc3)nccn2n1. The Balaban J connectivity index is 1.77. The molecule has 0 aromatic carbocycles. The minimum absolute atomic E-state index is 0.411. The Bertz CT molecular complexity index is 683. The number of imidazole rings is 1. The predicted octanol–water partition coefficient (Wildman–Crippen LogP) is 2.16. The number of aromatic nitrogens is 5. The third kappa shape index (κ3) is 2.49. The van der Waals surface area contributed by atoms with Crippen molar-refractivity contribution < 1.29 is 0 Å². The summed E-state index contributed by atoms with van der Waals surface area (Å²) in [4.78, 5) is 8.43. The fourth-order valence-corrected chi connectivity index (χ4v) is 2.08. The molecule has 3 rings (SSSR count). The first-order valence-corrected chi connectivity index (χ1v) is 6.78. The van der Waals surface area contributed by atoms with E-state index in [1.54, 1.807) is 12.4 Å². The molecular weight excluding hydrogens is 252 g/mol. The molecule has 20 heavy (non-hydrogen) atoms. The van der Waals surface area contributed by atoms with Gasteiger partial charge >= 0.3 is 0 Å². The Morgan fingerprint density at radius 1 is 1.25 bits per heavy atom. The van der Waals surface area contributed by atoms with Crippen LogP contribution in [0.1, 0.15) is 25.5 Å². The first kappa shape index (κ1) is 12.7. The summed E-state index contributed by atoms with van der Waals surface area (Å²) in [6.45, 7) is 5.93. The molecule has 3 aromatic heterocycles. The summed E-state index contributed by atoms with van der Waals surface area (Å²) in [6, 6.07) is 2.09. The summed E-state index contributed by atoms with van der Waals surface area (Å²) in [5.74, 6) is 1.28. The maximum absolute atomic E-state index is 4.55. The lowest BCUT2D eigenvalue weighted by Crippen LogP contribution is -2.11. The van der Waals surface area contributed by atoms with Crippen LogP contribution in [0.4, 0.5) is 5.82 Å². The van der Waals surface area contributed by atoms with Crippen LogP contribution in [0, 0.1) is 0 Å². The van der Waals surface area contributed by atoms with E-state index in [0.29, 0.717) is 5.92 Å². The Labute approximate surface area is 117 Å². The number of rotatable bonds is 5. The number of nitrogens with one attached hydrogen (secondary N) is 1. The maximum atomic E-state index is 4.55. The summed E-state index contributed by atoms with van der Waals surface area (Å²) in [7, 11) is 0. The van der Waals surface area contributed by atoms with Crippen LogP contribution in [0.5, 0.6) is 0 Å². The van der Waals surface area contributed by atoms with Crippen LogP contribution in [0.25, 0.3) is 5.52 Å². The van der Waals surface area contributed by atoms with Crippen molar-refractivity contribution in [3.05, 3.63) is 42.9 Å². The fourth-order valence-electron chi connectivity index (χ4n) is 2.08. The van der Waals surface area contributed by atoms with Crippen LogP contribution in [-0.4, -0.2) is 30.7 Å². The van der Waals surface area contributed by atoms with Crippen LogP contribution >= 0.6 is 0 Å². The smallest absolute Gasteiger partial charge is 0.152 e. The van der Waals surface area contributed by atoms with Crippen LogP contribution in [0.15, 0.2) is 37.2 Å². The molecule has 3 aromatic rings. The molecule has 6 heteroatoms. The molecule has 0 saturated heterocycles. The van der Waals surface area contributed by atoms with Gasteiger partial charge < -0.3 is 9.88 Å². The molecule has 1 N–H and O–H groups in total. The summed E-state index contributed by atoms with van der Waals surface area (Å²) >= 11 is 0. The number of anilines is 1. The molecule has 0 unspecified atom stereocenters. The zero-order chi connectivity index (χ0) is 13.9. The van der Waals surface area contributed by atoms with Crippen molar-refractivity contribution >= 4 is 11.3 Å². The van der Waals surface area contributed by atoms with E-state index in [9.17, 15) is 0 Å². The van der Waals surface area contributed by atoms with Gasteiger partial charge in [-0.1, -0.05) is 13.8 Å². The van der Waals surface area contributed by atoms with Crippen molar-refractivity contribution in [3.63, 3.8) is 0 Å². The van der Waals surface area contributed by atoms with Crippen LogP contribution in [0.2, 0.25) is 0 Å². The van der Waals surface area contributed by atoms with E-state index in [1.165, 1.54) is 0 Å². The molecule has 6 nitrogen and oxygen atoms in total. The van der Waals surface area contributed by atoms with E-state index in [1.807, 2.05) is 27.8 Å². The first-order chi connectivity index (χ1) is 9.74. The third-order valence-corrected chi connectivity index (χ3v) is 3.22. The average Bonchev–Trinajstić information content (AvgIpc) is 3.07. The highest BCUT2D eigenvalue weighted by atomic mass is 15.2. The highest BCUT2D eigenvalue weighted by Gasteiger charge is 2.09. The molecule has 0 amide bonds. The Kier molecular flexibility index (Phi) is 3.37. The Morgan fingerprint density at radius 3 is 2.90 bits per heavy atom. The molecule has 0 radical (unpaired) electrons. The standard InChI is InChI=1S/C14H18N6/c1-11(2)12-9-13-14(17-5-8-20(13)18-12)16-4-7-19-6-3-15-10-19/h3,5-6,8-11H,4,7H2,1-2H3,(H,16,17). The van der Waals surface area contributed by atoms with Crippen LogP contribution in [-0.2, 0) is 6.54 Å². The molecule has 0 aliphatic heterocycles. The molecule has 3 heterocycles. The largest absolute Gasteiger partial charge is 0.366 e. The van der Waals surface area contributed by atoms with Crippen molar-refractivity contribution in [2.24, 2.45) is 0 Å². The van der Waals surface area contributed by atoms with Gasteiger partial charge in [-0.25, -0.2) is 14.5 Å². The second-order valence-corrected chi connectivity index (χ2v) is 5.06. The van der Waals surface area contributed by atoms with Gasteiger partial charge in [0.05, 0.1) is 12.0 Å². The monoisotopic (exact) mass is 270 g/mol. The minimum Gasteiger partial charge on any atom is -0.366 e. The normalized spacial score (nSPS) is 11.3. The van der Waals surface area contributed by atoms with Gasteiger partial charge in [0.1, 0.15) is 5.52 Å². The molecule has 104 valence electrons. The summed E-state index contributed by atoms with van der Waals surface area (Å²) in [6.07, 6.45) is 9.19. The first-order valence-electron chi connectivity index (χ1n) is 6.78. The molecular formula is C14H18N6. The van der Waals surface area contributed by atoms with Crippen molar-refractivity contribution in [2.75, 3.05) is 11.9 Å². The molecule has 0 bridgehead atoms. The van der Waals surface area contributed by atoms with Gasteiger partial charge in [0.25, 0.3) is 0 Å². The van der Waals surface area contributed by atoms with E-state index < -0.39 is 0 Å². The van der Waals surface area contributed by atoms with Crippen LogP contribution < -0.4 is 5.32 Å². The number of hydrogen-bond acceptors (Lipinski definition) is 4. The second kappa shape index (κ2) is 5.32. The van der Waals surface area contributed by atoms with Gasteiger partial charge in [-0.3, -0.25) is 0 Å².